The molecule has 0 atom stereocenters. The summed E-state index contributed by atoms with van der Waals surface area (Å²) in [6.07, 6.45) is 7.92. The highest BCUT2D eigenvalue weighted by atomic mass is 16.5. The highest BCUT2D eigenvalue weighted by Gasteiger charge is 2.28. The van der Waals surface area contributed by atoms with Crippen molar-refractivity contribution in [3.05, 3.63) is 48.0 Å². The van der Waals surface area contributed by atoms with Crippen LogP contribution in [0.2, 0.25) is 0 Å². The quantitative estimate of drug-likeness (QED) is 0.525. The van der Waals surface area contributed by atoms with E-state index in [1.165, 1.54) is 19.3 Å². The third kappa shape index (κ3) is 3.69. The van der Waals surface area contributed by atoms with E-state index >= 15 is 0 Å². The van der Waals surface area contributed by atoms with Gasteiger partial charge >= 0.3 is 6.03 Å². The lowest BCUT2D eigenvalue weighted by Gasteiger charge is -2.30. The van der Waals surface area contributed by atoms with Gasteiger partial charge in [-0.3, -0.25) is 0 Å². The van der Waals surface area contributed by atoms with E-state index in [1.807, 2.05) is 36.4 Å². The highest BCUT2D eigenvalue weighted by molar-refractivity contribution is 5.96. The molecule has 2 aliphatic rings. The number of fused-ring (bicyclic) bond motifs is 1. The van der Waals surface area contributed by atoms with Crippen LogP contribution in [0.5, 0.6) is 5.75 Å². The van der Waals surface area contributed by atoms with Crippen LogP contribution in [0.3, 0.4) is 0 Å². The number of carbonyl (C=O) groups excluding carboxylic acids is 1. The Balaban J connectivity index is 1.48. The predicted octanol–water partition coefficient (Wildman–Crippen LogP) is 5.98. The van der Waals surface area contributed by atoms with Gasteiger partial charge in [-0.2, -0.15) is 5.26 Å². The number of rotatable bonds is 5. The Morgan fingerprint density at radius 1 is 1.06 bits per heavy atom. The molecular formula is C26H28N4O2. The van der Waals surface area contributed by atoms with E-state index in [4.69, 9.17) is 4.74 Å². The summed E-state index contributed by atoms with van der Waals surface area (Å²) in [5.74, 6) is 0.749. The first kappa shape index (κ1) is 20.4. The van der Waals surface area contributed by atoms with Crippen LogP contribution in [-0.4, -0.2) is 23.7 Å². The molecule has 0 spiro atoms. The fourth-order valence-corrected chi connectivity index (χ4v) is 4.98. The van der Waals surface area contributed by atoms with E-state index < -0.39 is 0 Å². The van der Waals surface area contributed by atoms with Crippen molar-refractivity contribution in [3.63, 3.8) is 0 Å². The van der Waals surface area contributed by atoms with Gasteiger partial charge in [0.15, 0.2) is 0 Å². The fraction of sp³-hybridized carbons (Fsp3) is 0.385. The predicted molar refractivity (Wildman–Crippen MR) is 126 cm³/mol. The molecule has 1 aromatic heterocycles. The summed E-state index contributed by atoms with van der Waals surface area (Å²) in [6, 6.07) is 16.7. The summed E-state index contributed by atoms with van der Waals surface area (Å²) >= 11 is 0. The molecule has 32 heavy (non-hydrogen) atoms. The zero-order valence-electron chi connectivity index (χ0n) is 18.4. The molecule has 0 unspecified atom stereocenters. The van der Waals surface area contributed by atoms with Crippen LogP contribution in [0.1, 0.15) is 56.6 Å². The largest absolute Gasteiger partial charge is 0.497 e. The van der Waals surface area contributed by atoms with Crippen LogP contribution >= 0.6 is 0 Å². The number of nitrogens with zero attached hydrogens (tertiary/aromatic N) is 2. The number of ether oxygens (including phenoxy) is 1. The second-order valence-electron chi connectivity index (χ2n) is 8.83. The van der Waals surface area contributed by atoms with E-state index in [1.54, 1.807) is 7.11 Å². The van der Waals surface area contributed by atoms with Crippen molar-refractivity contribution in [1.29, 1.82) is 5.26 Å². The lowest BCUT2D eigenvalue weighted by Crippen LogP contribution is -2.36. The molecule has 1 heterocycles. The van der Waals surface area contributed by atoms with Crippen LogP contribution in [-0.2, 0) is 0 Å². The summed E-state index contributed by atoms with van der Waals surface area (Å²) in [5.41, 5.74) is 4.41. The number of urea groups is 1. The molecule has 2 N–H and O–H groups in total. The number of nitrogens with one attached hydrogen (secondary N) is 2. The number of amides is 2. The lowest BCUT2D eigenvalue weighted by molar-refractivity contribution is 0.248. The number of aromatic nitrogens is 1. The van der Waals surface area contributed by atoms with Gasteiger partial charge in [-0.25, -0.2) is 4.79 Å². The van der Waals surface area contributed by atoms with Gasteiger partial charge in [0.25, 0.3) is 0 Å². The van der Waals surface area contributed by atoms with Gasteiger partial charge in [0.05, 0.1) is 23.9 Å². The first-order valence-corrected chi connectivity index (χ1v) is 11.5. The monoisotopic (exact) mass is 428 g/mol. The summed E-state index contributed by atoms with van der Waals surface area (Å²) < 4.78 is 7.74. The maximum absolute atomic E-state index is 12.3. The summed E-state index contributed by atoms with van der Waals surface area (Å²) in [4.78, 5) is 12.3. The van der Waals surface area contributed by atoms with Gasteiger partial charge < -0.3 is 19.9 Å². The van der Waals surface area contributed by atoms with E-state index in [0.717, 1.165) is 59.3 Å². The maximum atomic E-state index is 12.3. The van der Waals surface area contributed by atoms with E-state index in [9.17, 15) is 10.1 Å². The topological polar surface area (TPSA) is 79.1 Å². The molecule has 164 valence electrons. The third-order valence-electron chi connectivity index (χ3n) is 6.87. The van der Waals surface area contributed by atoms with Gasteiger partial charge in [-0.15, -0.1) is 0 Å². The Bertz CT molecular complexity index is 1180. The van der Waals surface area contributed by atoms with Crippen LogP contribution in [0, 0.1) is 11.3 Å². The first-order chi connectivity index (χ1) is 15.7. The minimum atomic E-state index is -0.155. The Labute approximate surface area is 188 Å². The number of methoxy groups -OCH3 is 1. The number of hydrogen-bond donors (Lipinski definition) is 2. The zero-order chi connectivity index (χ0) is 22.1. The number of nitriles is 1. The zero-order valence-corrected chi connectivity index (χ0v) is 18.4. The Kier molecular flexibility index (Phi) is 5.48. The summed E-state index contributed by atoms with van der Waals surface area (Å²) in [7, 11) is 1.64. The standard InChI is InChI=1S/C26H28N4O2/c1-32-21-13-14-24-22(15-21)23(16-27)25(30(24)20-7-4-8-20)17-9-11-19(12-10-17)29-26(31)28-18-5-2-3-6-18/h9-15,18,20H,2-8H2,1H3,(H2,28,29,31). The molecule has 2 aliphatic carbocycles. The smallest absolute Gasteiger partial charge is 0.319 e. The number of hydrogen-bond acceptors (Lipinski definition) is 3. The molecule has 2 fully saturated rings. The van der Waals surface area contributed by atoms with Crippen molar-refractivity contribution in [2.45, 2.75) is 57.0 Å². The van der Waals surface area contributed by atoms with Crippen LogP contribution in [0.15, 0.2) is 42.5 Å². The molecule has 5 rings (SSSR count). The molecule has 2 amide bonds. The lowest BCUT2D eigenvalue weighted by atomic mass is 9.92. The second kappa shape index (κ2) is 8.58. The average molecular weight is 429 g/mol. The third-order valence-corrected chi connectivity index (χ3v) is 6.87. The Morgan fingerprint density at radius 2 is 1.81 bits per heavy atom. The van der Waals surface area contributed by atoms with Crippen molar-refractivity contribution < 1.29 is 9.53 Å². The van der Waals surface area contributed by atoms with Gasteiger partial charge in [-0.05, 0) is 68.0 Å². The Hall–Kier alpha value is -3.46. The van der Waals surface area contributed by atoms with E-state index in [0.29, 0.717) is 11.6 Å². The number of anilines is 1. The fourth-order valence-electron chi connectivity index (χ4n) is 4.98. The number of carbonyl (C=O) groups is 1. The molecule has 2 saturated carbocycles. The SMILES string of the molecule is COc1ccc2c(c1)c(C#N)c(-c1ccc(NC(=O)NC3CCCC3)cc1)n2C1CCC1. The first-order valence-electron chi connectivity index (χ1n) is 11.5. The minimum absolute atomic E-state index is 0.155. The van der Waals surface area contributed by atoms with E-state index in [2.05, 4.69) is 27.3 Å². The molecule has 0 saturated heterocycles. The molecule has 0 aliphatic heterocycles. The average Bonchev–Trinajstić information content (AvgIpc) is 3.38. The molecule has 0 radical (unpaired) electrons. The summed E-state index contributed by atoms with van der Waals surface area (Å²) in [6.45, 7) is 0. The Morgan fingerprint density at radius 3 is 2.44 bits per heavy atom. The van der Waals surface area contributed by atoms with Crippen LogP contribution in [0.25, 0.3) is 22.2 Å². The van der Waals surface area contributed by atoms with Crippen molar-refractivity contribution in [2.75, 3.05) is 12.4 Å². The molecular weight excluding hydrogens is 400 g/mol. The second-order valence-corrected chi connectivity index (χ2v) is 8.83. The molecule has 2 aromatic carbocycles. The van der Waals surface area contributed by atoms with E-state index in [-0.39, 0.29) is 12.1 Å². The molecule has 3 aromatic rings. The van der Waals surface area contributed by atoms with Gasteiger partial charge in [-0.1, -0.05) is 25.0 Å². The van der Waals surface area contributed by atoms with Crippen LogP contribution in [0.4, 0.5) is 10.5 Å². The van der Waals surface area contributed by atoms with Gasteiger partial charge in [0, 0.05) is 23.2 Å². The van der Waals surface area contributed by atoms with Gasteiger partial charge in [0.2, 0.25) is 0 Å². The molecule has 6 nitrogen and oxygen atoms in total. The van der Waals surface area contributed by atoms with Crippen LogP contribution < -0.4 is 15.4 Å². The highest BCUT2D eigenvalue weighted by Crippen LogP contribution is 2.43. The summed E-state index contributed by atoms with van der Waals surface area (Å²) in [5, 5.41) is 17.0. The number of benzene rings is 2. The minimum Gasteiger partial charge on any atom is -0.497 e. The molecule has 6 heteroatoms. The molecule has 0 bridgehead atoms. The van der Waals surface area contributed by atoms with Crippen molar-refractivity contribution in [2.24, 2.45) is 0 Å². The van der Waals surface area contributed by atoms with Gasteiger partial charge in [0.1, 0.15) is 11.8 Å². The van der Waals surface area contributed by atoms with Crippen molar-refractivity contribution in [1.82, 2.24) is 9.88 Å². The van der Waals surface area contributed by atoms with Crippen molar-refractivity contribution in [3.8, 4) is 23.1 Å². The normalized spacial score (nSPS) is 16.5. The van der Waals surface area contributed by atoms with Crippen molar-refractivity contribution >= 4 is 22.6 Å². The maximum Gasteiger partial charge on any atom is 0.319 e.